The van der Waals surface area contributed by atoms with Gasteiger partial charge in [-0.05, 0) is 24.8 Å². The van der Waals surface area contributed by atoms with Gasteiger partial charge in [-0.15, -0.1) is 0 Å². The van der Waals surface area contributed by atoms with Crippen molar-refractivity contribution in [2.45, 2.75) is 31.2 Å². The molecule has 4 rings (SSSR count). The lowest BCUT2D eigenvalue weighted by Gasteiger charge is -2.36. The van der Waals surface area contributed by atoms with Crippen LogP contribution in [-0.4, -0.2) is 82.9 Å². The molecule has 11 heteroatoms. The van der Waals surface area contributed by atoms with E-state index < -0.39 is 18.0 Å². The molecule has 2 aliphatic heterocycles. The fraction of sp³-hybridized carbons (Fsp3) is 0.611. The Morgan fingerprint density at radius 3 is 2.55 bits per heavy atom. The maximum Gasteiger partial charge on any atom is 0.490 e. The number of carboxylic acids is 1. The molecule has 2 saturated heterocycles. The van der Waals surface area contributed by atoms with Gasteiger partial charge in [0.1, 0.15) is 0 Å². The molecule has 1 aromatic rings. The van der Waals surface area contributed by atoms with Crippen LogP contribution in [-0.2, 0) is 9.53 Å². The van der Waals surface area contributed by atoms with Crippen LogP contribution in [0.4, 0.5) is 17.6 Å². The summed E-state index contributed by atoms with van der Waals surface area (Å²) in [5, 5.41) is 7.12. The van der Waals surface area contributed by atoms with Crippen molar-refractivity contribution in [3.05, 3.63) is 29.8 Å². The maximum atomic E-state index is 13.8. The highest BCUT2D eigenvalue weighted by Crippen LogP contribution is 2.33. The molecule has 3 heterocycles. The molecule has 0 radical (unpaired) electrons. The molecule has 1 aliphatic carbocycles. The van der Waals surface area contributed by atoms with E-state index in [1.54, 1.807) is 4.90 Å². The van der Waals surface area contributed by atoms with Crippen molar-refractivity contribution in [3.63, 3.8) is 0 Å². The van der Waals surface area contributed by atoms with Gasteiger partial charge >= 0.3 is 12.1 Å². The van der Waals surface area contributed by atoms with Crippen LogP contribution in [0.3, 0.4) is 0 Å². The molecule has 1 N–H and O–H groups in total. The first-order chi connectivity index (χ1) is 13.7. The summed E-state index contributed by atoms with van der Waals surface area (Å²) in [6.07, 6.45) is 0.155. The normalized spacial score (nSPS) is 24.5. The van der Waals surface area contributed by atoms with E-state index in [4.69, 9.17) is 14.6 Å². The van der Waals surface area contributed by atoms with Gasteiger partial charge in [-0.25, -0.2) is 9.18 Å². The third kappa shape index (κ3) is 5.41. The fourth-order valence-electron chi connectivity index (χ4n) is 3.50. The van der Waals surface area contributed by atoms with Crippen molar-refractivity contribution < 1.29 is 37.0 Å². The number of carbonyl (C=O) groups is 2. The minimum atomic E-state index is -5.08. The molecule has 1 saturated carbocycles. The SMILES string of the molecule is O=C(O)C(F)(F)F.O=C(c1ccncc1F)N1C[C@@H]2OCCN(CC3CC3)[C@@H]2C1. The topological polar surface area (TPSA) is 83.0 Å². The lowest BCUT2D eigenvalue weighted by Crippen LogP contribution is -2.51. The summed E-state index contributed by atoms with van der Waals surface area (Å²) in [5.74, 6) is -2.75. The van der Waals surface area contributed by atoms with Crippen molar-refractivity contribution in [3.8, 4) is 0 Å². The quantitative estimate of drug-likeness (QED) is 0.753. The zero-order valence-corrected chi connectivity index (χ0v) is 15.4. The number of aliphatic carboxylic acids is 1. The second-order valence-corrected chi connectivity index (χ2v) is 7.28. The third-order valence-corrected chi connectivity index (χ3v) is 5.14. The van der Waals surface area contributed by atoms with E-state index in [2.05, 4.69) is 9.88 Å². The summed E-state index contributed by atoms with van der Waals surface area (Å²) in [7, 11) is 0. The highest BCUT2D eigenvalue weighted by Gasteiger charge is 2.43. The van der Waals surface area contributed by atoms with Crippen LogP contribution >= 0.6 is 0 Å². The molecule has 0 bridgehead atoms. The van der Waals surface area contributed by atoms with Gasteiger partial charge in [0.05, 0.1) is 30.5 Å². The van der Waals surface area contributed by atoms with E-state index in [1.165, 1.54) is 25.1 Å². The second-order valence-electron chi connectivity index (χ2n) is 7.28. The zero-order valence-electron chi connectivity index (χ0n) is 15.4. The van der Waals surface area contributed by atoms with Gasteiger partial charge < -0.3 is 14.7 Å². The number of ether oxygens (including phenoxy) is 1. The molecule has 160 valence electrons. The molecule has 29 heavy (non-hydrogen) atoms. The number of likely N-dealkylation sites (tertiary alicyclic amines) is 1. The first kappa shape index (κ1) is 21.4. The number of hydrogen-bond donors (Lipinski definition) is 1. The number of aromatic nitrogens is 1. The molecular weight excluding hydrogens is 398 g/mol. The number of rotatable bonds is 3. The predicted octanol–water partition coefficient (Wildman–Crippen LogP) is 1.79. The first-order valence-electron chi connectivity index (χ1n) is 9.21. The predicted molar refractivity (Wildman–Crippen MR) is 91.6 cm³/mol. The van der Waals surface area contributed by atoms with Crippen LogP contribution in [0.5, 0.6) is 0 Å². The Labute approximate surface area is 164 Å². The van der Waals surface area contributed by atoms with Crippen LogP contribution in [0.15, 0.2) is 18.5 Å². The largest absolute Gasteiger partial charge is 0.490 e. The molecule has 0 aromatic carbocycles. The van der Waals surface area contributed by atoms with E-state index in [-0.39, 0.29) is 23.6 Å². The number of alkyl halides is 3. The zero-order chi connectivity index (χ0) is 21.2. The molecular formula is C18H21F4N3O4. The Bertz CT molecular complexity index is 757. The number of fused-ring (bicyclic) bond motifs is 1. The van der Waals surface area contributed by atoms with Gasteiger partial charge in [0.15, 0.2) is 5.82 Å². The van der Waals surface area contributed by atoms with Crippen LogP contribution in [0, 0.1) is 11.7 Å². The second kappa shape index (κ2) is 8.62. The molecule has 7 nitrogen and oxygen atoms in total. The Morgan fingerprint density at radius 1 is 1.28 bits per heavy atom. The average Bonchev–Trinajstić information content (AvgIpc) is 3.36. The summed E-state index contributed by atoms with van der Waals surface area (Å²) < 4.78 is 51.3. The number of halogens is 4. The van der Waals surface area contributed by atoms with Gasteiger partial charge in [0.25, 0.3) is 5.91 Å². The van der Waals surface area contributed by atoms with Gasteiger partial charge in [0, 0.05) is 32.4 Å². The number of pyridine rings is 1. The molecule has 2 atom stereocenters. The number of carbonyl (C=O) groups excluding carboxylic acids is 1. The van der Waals surface area contributed by atoms with Crippen LogP contribution in [0.25, 0.3) is 0 Å². The number of hydrogen-bond acceptors (Lipinski definition) is 5. The van der Waals surface area contributed by atoms with Crippen LogP contribution in [0.2, 0.25) is 0 Å². The van der Waals surface area contributed by atoms with Crippen molar-refractivity contribution in [1.29, 1.82) is 0 Å². The fourth-order valence-corrected chi connectivity index (χ4v) is 3.50. The summed E-state index contributed by atoms with van der Waals surface area (Å²) in [4.78, 5) is 29.3. The van der Waals surface area contributed by atoms with Crippen LogP contribution in [0.1, 0.15) is 23.2 Å². The molecule has 0 unspecified atom stereocenters. The maximum absolute atomic E-state index is 13.8. The molecule has 1 aromatic heterocycles. The molecule has 1 amide bonds. The minimum absolute atomic E-state index is 0.0568. The Kier molecular flexibility index (Phi) is 6.37. The monoisotopic (exact) mass is 419 g/mol. The van der Waals surface area contributed by atoms with Crippen molar-refractivity contribution >= 4 is 11.9 Å². The average molecular weight is 419 g/mol. The van der Waals surface area contributed by atoms with Crippen molar-refractivity contribution in [2.75, 3.05) is 32.8 Å². The number of carboxylic acid groups (broad SMARTS) is 1. The molecule has 3 aliphatic rings. The van der Waals surface area contributed by atoms with E-state index in [0.29, 0.717) is 13.1 Å². The lowest BCUT2D eigenvalue weighted by atomic mass is 10.1. The molecule has 3 fully saturated rings. The highest BCUT2D eigenvalue weighted by atomic mass is 19.4. The van der Waals surface area contributed by atoms with Gasteiger partial charge in [-0.1, -0.05) is 0 Å². The summed E-state index contributed by atoms with van der Waals surface area (Å²) in [6, 6.07) is 1.70. The van der Waals surface area contributed by atoms with Crippen molar-refractivity contribution in [2.24, 2.45) is 5.92 Å². The van der Waals surface area contributed by atoms with E-state index in [1.807, 2.05) is 0 Å². The standard InChI is InChI=1S/C16H20FN3O2.C2HF3O2/c17-13-7-18-4-3-12(13)16(21)20-9-14-15(10-20)22-6-5-19(14)8-11-1-2-11;3-2(4,5)1(6)7/h3-4,7,11,14-15H,1-2,5-6,8-10H2;(H,6,7)/t14-,15+;/m1./s1. The number of nitrogens with zero attached hydrogens (tertiary/aromatic N) is 3. The summed E-state index contributed by atoms with van der Waals surface area (Å²) in [5.41, 5.74) is 0.0994. The van der Waals surface area contributed by atoms with E-state index >= 15 is 0 Å². The Balaban J connectivity index is 0.000000298. The van der Waals surface area contributed by atoms with Crippen LogP contribution < -0.4 is 0 Å². The van der Waals surface area contributed by atoms with Crippen molar-refractivity contribution in [1.82, 2.24) is 14.8 Å². The van der Waals surface area contributed by atoms with E-state index in [9.17, 15) is 22.4 Å². The van der Waals surface area contributed by atoms with Gasteiger partial charge in [-0.3, -0.25) is 14.7 Å². The smallest absolute Gasteiger partial charge is 0.475 e. The first-order valence-corrected chi connectivity index (χ1v) is 9.21. The molecule has 0 spiro atoms. The third-order valence-electron chi connectivity index (χ3n) is 5.14. The van der Waals surface area contributed by atoms with Gasteiger partial charge in [0.2, 0.25) is 0 Å². The Hall–Kier alpha value is -2.27. The summed E-state index contributed by atoms with van der Waals surface area (Å²) >= 11 is 0. The highest BCUT2D eigenvalue weighted by molar-refractivity contribution is 5.94. The minimum Gasteiger partial charge on any atom is -0.475 e. The number of amides is 1. The summed E-state index contributed by atoms with van der Waals surface area (Å²) in [6.45, 7) is 3.93. The Morgan fingerprint density at radius 2 is 1.97 bits per heavy atom. The number of morpholine rings is 1. The lowest BCUT2D eigenvalue weighted by molar-refractivity contribution is -0.192. The van der Waals surface area contributed by atoms with E-state index in [0.717, 1.165) is 31.8 Å². The van der Waals surface area contributed by atoms with Gasteiger partial charge in [-0.2, -0.15) is 13.2 Å².